The summed E-state index contributed by atoms with van der Waals surface area (Å²) in [7, 11) is 1.39. The quantitative estimate of drug-likeness (QED) is 0.178. The van der Waals surface area contributed by atoms with Crippen molar-refractivity contribution in [2.75, 3.05) is 5.32 Å². The van der Waals surface area contributed by atoms with Crippen molar-refractivity contribution in [3.63, 3.8) is 0 Å². The Morgan fingerprint density at radius 2 is 1.94 bits per heavy atom. The van der Waals surface area contributed by atoms with Gasteiger partial charge in [-0.25, -0.2) is 19.3 Å². The summed E-state index contributed by atoms with van der Waals surface area (Å²) in [5, 5.41) is 6.40. The maximum atomic E-state index is 13.9. The molecule has 13 heteroatoms. The van der Waals surface area contributed by atoms with Crippen LogP contribution >= 0.6 is 41.7 Å². The number of alkyl halides is 3. The molecule has 0 aliphatic rings. The fourth-order valence-corrected chi connectivity index (χ4v) is 5.30. The number of pyridine rings is 2. The maximum Gasteiger partial charge on any atom is 0.433 e. The Morgan fingerprint density at radius 1 is 1.09 bits per heavy atom. The molecule has 0 aliphatic heterocycles. The van der Waals surface area contributed by atoms with Gasteiger partial charge in [-0.2, -0.15) is 13.2 Å². The van der Waals surface area contributed by atoms with Crippen molar-refractivity contribution in [2.24, 2.45) is 0 Å². The number of nitrogens with one attached hydrogen (secondary N) is 1. The van der Waals surface area contributed by atoms with Crippen molar-refractivity contribution in [2.45, 2.75) is 12.7 Å². The Hall–Kier alpha value is -2.52. The normalized spacial score (nSPS) is 12.0. The van der Waals surface area contributed by atoms with Crippen LogP contribution in [0, 0.1) is 5.82 Å². The fourth-order valence-electron chi connectivity index (χ4n) is 3.28. The van der Waals surface area contributed by atoms with Crippen LogP contribution in [0.2, 0.25) is 0 Å². The summed E-state index contributed by atoms with van der Waals surface area (Å²) in [6.45, 7) is 0.216. The molecule has 5 heterocycles. The van der Waals surface area contributed by atoms with E-state index in [4.69, 9.17) is 0 Å². The van der Waals surface area contributed by atoms with E-state index in [1.807, 2.05) is 11.4 Å². The lowest BCUT2D eigenvalue weighted by Crippen LogP contribution is -2.09. The molecule has 0 atom stereocenters. The average molecular weight is 602 g/mol. The lowest BCUT2D eigenvalue weighted by Gasteiger charge is -2.10. The zero-order valence-corrected chi connectivity index (χ0v) is 20.1. The Balaban J connectivity index is 1.52. The second-order valence-corrected chi connectivity index (χ2v) is 9.51. The standard InChI is InChI=1S/C20H11F4IN6S2/c21-11-5-13-14(9-31(33-25)18(13)28-8-11)17-29-16(12-3-4-32-19(12)30-17)27-7-10-1-2-15(26-6-10)20(22,23)24/h1-6,8-9H,7H2,(H,27,29,30). The molecular formula is C20H11F4IN6S2. The van der Waals surface area contributed by atoms with Crippen LogP contribution in [-0.4, -0.2) is 23.9 Å². The Labute approximate surface area is 204 Å². The lowest BCUT2D eigenvalue weighted by molar-refractivity contribution is -0.141. The monoisotopic (exact) mass is 602 g/mol. The van der Waals surface area contributed by atoms with Crippen molar-refractivity contribution in [3.8, 4) is 11.4 Å². The molecule has 0 radical (unpaired) electrons. The highest BCUT2D eigenvalue weighted by atomic mass is 127. The van der Waals surface area contributed by atoms with Crippen LogP contribution in [-0.2, 0) is 12.7 Å². The Kier molecular flexibility index (Phi) is 5.86. The van der Waals surface area contributed by atoms with E-state index in [1.165, 1.54) is 38.8 Å². The number of hydrogen-bond acceptors (Lipinski definition) is 7. The Bertz CT molecular complexity index is 1470. The van der Waals surface area contributed by atoms with E-state index in [-0.39, 0.29) is 6.54 Å². The van der Waals surface area contributed by atoms with E-state index in [2.05, 4.69) is 46.5 Å². The number of halogens is 5. The molecule has 0 unspecified atom stereocenters. The van der Waals surface area contributed by atoms with Crippen LogP contribution in [0.15, 0.2) is 48.2 Å². The third-order valence-electron chi connectivity index (χ3n) is 4.79. The minimum atomic E-state index is -4.49. The number of anilines is 1. The van der Waals surface area contributed by atoms with Crippen molar-refractivity contribution in [1.29, 1.82) is 0 Å². The van der Waals surface area contributed by atoms with E-state index in [9.17, 15) is 17.6 Å². The minimum absolute atomic E-state index is 0.216. The number of thiophene rings is 1. The minimum Gasteiger partial charge on any atom is -0.365 e. The van der Waals surface area contributed by atoms with Crippen LogP contribution in [0.3, 0.4) is 0 Å². The molecule has 0 bridgehead atoms. The average Bonchev–Trinajstić information content (AvgIpc) is 3.41. The molecule has 168 valence electrons. The van der Waals surface area contributed by atoms with Crippen molar-refractivity contribution in [3.05, 3.63) is 65.3 Å². The van der Waals surface area contributed by atoms with Gasteiger partial charge in [0.2, 0.25) is 0 Å². The fraction of sp³-hybridized carbons (Fsp3) is 0.100. The largest absolute Gasteiger partial charge is 0.433 e. The molecule has 5 aromatic heterocycles. The highest BCUT2D eigenvalue weighted by Crippen LogP contribution is 2.35. The summed E-state index contributed by atoms with van der Waals surface area (Å²) in [6.07, 6.45) is -0.348. The molecule has 0 saturated heterocycles. The maximum absolute atomic E-state index is 13.9. The predicted molar refractivity (Wildman–Crippen MR) is 130 cm³/mol. The summed E-state index contributed by atoms with van der Waals surface area (Å²) in [5.74, 6) is 0.438. The first-order chi connectivity index (χ1) is 15.8. The van der Waals surface area contributed by atoms with E-state index in [1.54, 1.807) is 10.2 Å². The molecule has 0 saturated carbocycles. The van der Waals surface area contributed by atoms with Crippen molar-refractivity contribution >= 4 is 68.7 Å². The van der Waals surface area contributed by atoms with Crippen LogP contribution in [0.5, 0.6) is 0 Å². The first-order valence-corrected chi connectivity index (χ1v) is 13.5. The molecule has 1 N–H and O–H groups in total. The molecule has 6 nitrogen and oxygen atoms in total. The molecule has 5 rings (SSSR count). The second kappa shape index (κ2) is 8.68. The first-order valence-electron chi connectivity index (χ1n) is 9.31. The van der Waals surface area contributed by atoms with Crippen LogP contribution < -0.4 is 5.32 Å². The smallest absolute Gasteiger partial charge is 0.365 e. The molecule has 5 aromatic rings. The zero-order valence-electron chi connectivity index (χ0n) is 16.3. The van der Waals surface area contributed by atoms with E-state index in [0.717, 1.165) is 22.5 Å². The summed E-state index contributed by atoms with van der Waals surface area (Å²) in [4.78, 5) is 17.7. The first kappa shape index (κ1) is 22.3. The van der Waals surface area contributed by atoms with Gasteiger partial charge in [0.1, 0.15) is 22.2 Å². The molecule has 0 aromatic carbocycles. The van der Waals surface area contributed by atoms with Gasteiger partial charge in [0.15, 0.2) is 11.5 Å². The van der Waals surface area contributed by atoms with E-state index in [0.29, 0.717) is 33.8 Å². The van der Waals surface area contributed by atoms with Gasteiger partial charge >= 0.3 is 6.18 Å². The number of rotatable bonds is 5. The van der Waals surface area contributed by atoms with Gasteiger partial charge in [-0.3, -0.25) is 8.96 Å². The highest BCUT2D eigenvalue weighted by molar-refractivity contribution is 14.2. The number of aromatic nitrogens is 5. The molecule has 0 amide bonds. The zero-order chi connectivity index (χ0) is 23.2. The van der Waals surface area contributed by atoms with Gasteiger partial charge in [-0.15, -0.1) is 11.3 Å². The third kappa shape index (κ3) is 4.36. The summed E-state index contributed by atoms with van der Waals surface area (Å²) in [5.41, 5.74) is 0.832. The van der Waals surface area contributed by atoms with Gasteiger partial charge in [-0.1, -0.05) is 6.07 Å². The molecule has 0 spiro atoms. The van der Waals surface area contributed by atoms with Crippen LogP contribution in [0.4, 0.5) is 23.4 Å². The van der Waals surface area contributed by atoms with E-state index >= 15 is 0 Å². The molecular weight excluding hydrogens is 591 g/mol. The predicted octanol–water partition coefficient (Wildman–Crippen LogP) is 6.72. The summed E-state index contributed by atoms with van der Waals surface area (Å²) < 4.78 is 54.0. The van der Waals surface area contributed by atoms with Crippen LogP contribution in [0.1, 0.15) is 11.3 Å². The van der Waals surface area contributed by atoms with Gasteiger partial charge < -0.3 is 5.32 Å². The topological polar surface area (TPSA) is 68.5 Å². The van der Waals surface area contributed by atoms with E-state index < -0.39 is 17.7 Å². The highest BCUT2D eigenvalue weighted by Gasteiger charge is 2.32. The molecule has 0 aliphatic carbocycles. The third-order valence-corrected chi connectivity index (χ3v) is 7.30. The summed E-state index contributed by atoms with van der Waals surface area (Å²) >= 11 is 3.53. The van der Waals surface area contributed by atoms with Crippen molar-refractivity contribution in [1.82, 2.24) is 23.9 Å². The van der Waals surface area contributed by atoms with Crippen molar-refractivity contribution < 1.29 is 17.6 Å². The van der Waals surface area contributed by atoms with Gasteiger partial charge in [-0.05, 0) is 29.1 Å². The van der Waals surface area contributed by atoms with Gasteiger partial charge in [0.25, 0.3) is 0 Å². The SMILES string of the molecule is Fc1cnc2c(c1)c(-c1nc(NCc3ccc(C(F)(F)F)nc3)c3ccsc3n1)cn2SI. The number of fused-ring (bicyclic) bond motifs is 2. The molecule has 0 fully saturated rings. The van der Waals surface area contributed by atoms with Gasteiger partial charge in [0.05, 0.1) is 11.6 Å². The Morgan fingerprint density at radius 3 is 2.67 bits per heavy atom. The molecule has 33 heavy (non-hydrogen) atoms. The van der Waals surface area contributed by atoms with Crippen LogP contribution in [0.25, 0.3) is 32.6 Å². The second-order valence-electron chi connectivity index (χ2n) is 6.90. The lowest BCUT2D eigenvalue weighted by atomic mass is 10.2. The van der Waals surface area contributed by atoms with Gasteiger partial charge in [0, 0.05) is 60.2 Å². The number of hydrogen-bond donors (Lipinski definition) is 1. The number of nitrogens with zero attached hydrogens (tertiary/aromatic N) is 5. The summed E-state index contributed by atoms with van der Waals surface area (Å²) in [6, 6.07) is 5.57.